The first-order valence-electron chi connectivity index (χ1n) is 13.8. The number of rotatable bonds is 3. The maximum absolute atomic E-state index is 6.45. The number of benzene rings is 3. The topological polar surface area (TPSA) is 51.8 Å². The number of aromatic nitrogens is 3. The van der Waals surface area contributed by atoms with Crippen LogP contribution in [0, 0.1) is 24.5 Å². The second-order valence-electron chi connectivity index (χ2n) is 11.4. The first-order valence-corrected chi connectivity index (χ1v) is 13.8. The smallest absolute Gasteiger partial charge is 0.128 e. The molecule has 0 saturated heterocycles. The van der Waals surface area contributed by atoms with Gasteiger partial charge < -0.3 is 14.4 Å². The Hall–Kier alpha value is -4.18. The fourth-order valence-corrected chi connectivity index (χ4v) is 5.20. The molecule has 4 nitrogen and oxygen atoms in total. The van der Waals surface area contributed by atoms with Crippen molar-refractivity contribution in [2.24, 2.45) is 5.41 Å². The summed E-state index contributed by atoms with van der Waals surface area (Å²) in [6.07, 6.45) is 6.51. The van der Waals surface area contributed by atoms with Crippen LogP contribution in [0.1, 0.15) is 32.0 Å². The molecule has 0 amide bonds. The zero-order valence-electron chi connectivity index (χ0n) is 24.1. The van der Waals surface area contributed by atoms with E-state index >= 15 is 0 Å². The van der Waals surface area contributed by atoms with Gasteiger partial charge in [0.15, 0.2) is 0 Å². The molecule has 0 aliphatic heterocycles. The van der Waals surface area contributed by atoms with Gasteiger partial charge in [0, 0.05) is 60.5 Å². The molecule has 3 aromatic carbocycles. The molecule has 4 aromatic heterocycles. The van der Waals surface area contributed by atoms with Gasteiger partial charge in [0.2, 0.25) is 0 Å². The number of nitrogens with zero attached hydrogens (tertiary/aromatic N) is 3. The van der Waals surface area contributed by atoms with Gasteiger partial charge >= 0.3 is 0 Å². The molecule has 7 aromatic rings. The van der Waals surface area contributed by atoms with Crippen molar-refractivity contribution in [2.75, 3.05) is 0 Å². The minimum Gasteiger partial charge on any atom is -0.500 e. The summed E-state index contributed by atoms with van der Waals surface area (Å²) in [4.78, 5) is 13.3. The van der Waals surface area contributed by atoms with Crippen molar-refractivity contribution in [1.29, 1.82) is 0 Å². The quantitative estimate of drug-likeness (QED) is 0.171. The maximum atomic E-state index is 6.45. The van der Waals surface area contributed by atoms with E-state index in [1.165, 1.54) is 5.56 Å². The SMILES string of the molecule is Cc1nccc2c1ccc1c3cc[c-]c(-c4cc(CC(C)(C)C)ccn4)c3oc21.[Ir].[c-]1ccccc1-c1ccccn1. The van der Waals surface area contributed by atoms with Crippen LogP contribution in [0.3, 0.4) is 0 Å². The van der Waals surface area contributed by atoms with Gasteiger partial charge in [0.1, 0.15) is 5.58 Å². The molecule has 0 aliphatic carbocycles. The van der Waals surface area contributed by atoms with Crippen molar-refractivity contribution in [1.82, 2.24) is 15.0 Å². The first-order chi connectivity index (χ1) is 19.9. The third kappa shape index (κ3) is 6.18. The minimum absolute atomic E-state index is 0. The van der Waals surface area contributed by atoms with Crippen LogP contribution in [0.4, 0.5) is 0 Å². The normalized spacial score (nSPS) is 11.2. The molecule has 7 rings (SSSR count). The zero-order chi connectivity index (χ0) is 28.4. The monoisotopic (exact) mass is 726 g/mol. The van der Waals surface area contributed by atoms with Crippen molar-refractivity contribution in [2.45, 2.75) is 34.1 Å². The van der Waals surface area contributed by atoms with E-state index in [0.29, 0.717) is 0 Å². The minimum atomic E-state index is 0. The largest absolute Gasteiger partial charge is 0.500 e. The number of fused-ring (bicyclic) bond motifs is 5. The first kappa shape index (κ1) is 29.3. The Labute approximate surface area is 260 Å². The molecule has 211 valence electrons. The zero-order valence-corrected chi connectivity index (χ0v) is 26.5. The molecule has 0 N–H and O–H groups in total. The Morgan fingerprint density at radius 2 is 1.40 bits per heavy atom. The predicted octanol–water partition coefficient (Wildman–Crippen LogP) is 9.44. The van der Waals surface area contributed by atoms with E-state index in [0.717, 1.165) is 67.3 Å². The van der Waals surface area contributed by atoms with Crippen molar-refractivity contribution in [3.05, 3.63) is 127 Å². The van der Waals surface area contributed by atoms with E-state index in [9.17, 15) is 0 Å². The summed E-state index contributed by atoms with van der Waals surface area (Å²) in [5.74, 6) is 0. The Bertz CT molecular complexity index is 1920. The molecule has 5 heteroatoms. The third-order valence-electron chi connectivity index (χ3n) is 7.00. The average molecular weight is 726 g/mol. The average Bonchev–Trinajstić information content (AvgIpc) is 3.37. The van der Waals surface area contributed by atoms with Gasteiger partial charge in [-0.1, -0.05) is 67.6 Å². The van der Waals surface area contributed by atoms with Gasteiger partial charge in [-0.25, -0.2) is 0 Å². The summed E-state index contributed by atoms with van der Waals surface area (Å²) in [5, 5.41) is 4.41. The van der Waals surface area contributed by atoms with Crippen LogP contribution in [0.2, 0.25) is 0 Å². The standard InChI is InChI=1S/C26H23N2O.C11H8N.Ir/c1-16-18-8-9-20-19-6-5-7-22(25(19)29-24(20)21(18)11-13-27-16)23-14-17(10-12-28-23)15-26(2,3)4;1-2-6-10(7-3-1)11-8-4-5-9-12-11;/h5-6,8-14H,15H2,1-4H3;1-6,8-9H;/q2*-1;. The summed E-state index contributed by atoms with van der Waals surface area (Å²) < 4.78 is 6.45. The van der Waals surface area contributed by atoms with E-state index in [-0.39, 0.29) is 25.5 Å². The van der Waals surface area contributed by atoms with E-state index in [1.54, 1.807) is 6.20 Å². The molecule has 4 heterocycles. The molecule has 0 aliphatic rings. The van der Waals surface area contributed by atoms with E-state index in [1.807, 2.05) is 73.9 Å². The van der Waals surface area contributed by atoms with E-state index < -0.39 is 0 Å². The predicted molar refractivity (Wildman–Crippen MR) is 167 cm³/mol. The van der Waals surface area contributed by atoms with Crippen LogP contribution < -0.4 is 0 Å². The molecule has 0 bridgehead atoms. The fraction of sp³-hybridized carbons (Fsp3) is 0.162. The van der Waals surface area contributed by atoms with Crippen LogP contribution in [-0.2, 0) is 26.5 Å². The Kier molecular flexibility index (Phi) is 8.63. The Balaban J connectivity index is 0.000000228. The van der Waals surface area contributed by atoms with E-state index in [2.05, 4.69) is 78.2 Å². The van der Waals surface area contributed by atoms with Gasteiger partial charge in [-0.3, -0.25) is 4.98 Å². The number of pyridine rings is 3. The van der Waals surface area contributed by atoms with E-state index in [4.69, 9.17) is 4.42 Å². The van der Waals surface area contributed by atoms with Crippen LogP contribution in [0.15, 0.2) is 108 Å². The van der Waals surface area contributed by atoms with Crippen molar-refractivity contribution >= 4 is 32.7 Å². The van der Waals surface area contributed by atoms with Gasteiger partial charge in [-0.05, 0) is 48.3 Å². The van der Waals surface area contributed by atoms with Gasteiger partial charge in [-0.15, -0.1) is 54.1 Å². The van der Waals surface area contributed by atoms with Gasteiger partial charge in [0.05, 0.1) is 5.58 Å². The van der Waals surface area contributed by atoms with Crippen molar-refractivity contribution < 1.29 is 24.5 Å². The second kappa shape index (κ2) is 12.4. The molecular formula is C37H31IrN3O-2. The number of furan rings is 1. The van der Waals surface area contributed by atoms with Gasteiger partial charge in [-0.2, -0.15) is 0 Å². The van der Waals surface area contributed by atoms with Crippen LogP contribution in [0.25, 0.3) is 55.2 Å². The van der Waals surface area contributed by atoms with Crippen molar-refractivity contribution in [3.8, 4) is 22.5 Å². The van der Waals surface area contributed by atoms with Crippen LogP contribution in [-0.4, -0.2) is 15.0 Å². The summed E-state index contributed by atoms with van der Waals surface area (Å²) in [5.41, 5.74) is 8.06. The molecule has 0 spiro atoms. The number of hydrogen-bond acceptors (Lipinski definition) is 4. The third-order valence-corrected chi connectivity index (χ3v) is 7.00. The molecule has 0 saturated carbocycles. The Morgan fingerprint density at radius 1 is 0.667 bits per heavy atom. The molecular weight excluding hydrogens is 695 g/mol. The molecule has 42 heavy (non-hydrogen) atoms. The summed E-state index contributed by atoms with van der Waals surface area (Å²) in [6.45, 7) is 8.78. The van der Waals surface area contributed by atoms with Crippen LogP contribution in [0.5, 0.6) is 0 Å². The maximum Gasteiger partial charge on any atom is 0.128 e. The number of hydrogen-bond donors (Lipinski definition) is 0. The molecule has 1 radical (unpaired) electrons. The molecule has 0 unspecified atom stereocenters. The molecule has 0 fully saturated rings. The summed E-state index contributed by atoms with van der Waals surface area (Å²) in [7, 11) is 0. The van der Waals surface area contributed by atoms with Crippen molar-refractivity contribution in [3.63, 3.8) is 0 Å². The Morgan fingerprint density at radius 3 is 2.17 bits per heavy atom. The van der Waals surface area contributed by atoms with Gasteiger partial charge in [0.25, 0.3) is 0 Å². The number of aryl methyl sites for hydroxylation is 1. The summed E-state index contributed by atoms with van der Waals surface area (Å²) >= 11 is 0. The molecule has 0 atom stereocenters. The second-order valence-corrected chi connectivity index (χ2v) is 11.4. The fourth-order valence-electron chi connectivity index (χ4n) is 5.20. The van der Waals surface area contributed by atoms with Crippen LogP contribution >= 0.6 is 0 Å². The summed E-state index contributed by atoms with van der Waals surface area (Å²) in [6, 6.07) is 34.8.